The average molecular weight is 402 g/mol. The SMILES string of the molecule is O=C1c2ccccc2C(=O)N1CCCCN1CCN(c2cccc3[nH]ccc23)CC1. The number of nitrogens with zero attached hydrogens (tertiary/aromatic N) is 3. The Morgan fingerprint density at radius 3 is 2.20 bits per heavy atom. The van der Waals surface area contributed by atoms with Gasteiger partial charge in [0.15, 0.2) is 0 Å². The van der Waals surface area contributed by atoms with E-state index in [-0.39, 0.29) is 11.8 Å². The van der Waals surface area contributed by atoms with Gasteiger partial charge < -0.3 is 9.88 Å². The molecule has 2 aliphatic rings. The summed E-state index contributed by atoms with van der Waals surface area (Å²) in [5, 5.41) is 1.28. The third-order valence-electron chi connectivity index (χ3n) is 6.27. The molecule has 6 heteroatoms. The van der Waals surface area contributed by atoms with Crippen LogP contribution in [-0.4, -0.2) is 65.9 Å². The number of carbonyl (C=O) groups excluding carboxylic acids is 2. The number of aromatic nitrogens is 1. The smallest absolute Gasteiger partial charge is 0.261 e. The summed E-state index contributed by atoms with van der Waals surface area (Å²) in [5.74, 6) is -0.300. The molecule has 6 nitrogen and oxygen atoms in total. The first-order valence-electron chi connectivity index (χ1n) is 10.7. The molecule has 1 N–H and O–H groups in total. The second-order valence-electron chi connectivity index (χ2n) is 8.06. The number of imide groups is 1. The first kappa shape index (κ1) is 18.9. The van der Waals surface area contributed by atoms with E-state index < -0.39 is 0 Å². The number of piperazine rings is 1. The van der Waals surface area contributed by atoms with Crippen LogP contribution in [0.4, 0.5) is 5.69 Å². The van der Waals surface area contributed by atoms with Gasteiger partial charge in [0, 0.05) is 55.5 Å². The summed E-state index contributed by atoms with van der Waals surface area (Å²) in [7, 11) is 0. The highest BCUT2D eigenvalue weighted by molar-refractivity contribution is 6.21. The molecule has 154 valence electrons. The summed E-state index contributed by atoms with van der Waals surface area (Å²) in [6, 6.07) is 15.7. The summed E-state index contributed by atoms with van der Waals surface area (Å²) >= 11 is 0. The van der Waals surface area contributed by atoms with Gasteiger partial charge in [-0.3, -0.25) is 19.4 Å². The fraction of sp³-hybridized carbons (Fsp3) is 0.333. The Hall–Kier alpha value is -3.12. The van der Waals surface area contributed by atoms with Gasteiger partial charge in [0.2, 0.25) is 0 Å². The van der Waals surface area contributed by atoms with E-state index in [9.17, 15) is 9.59 Å². The molecule has 3 heterocycles. The fourth-order valence-corrected chi connectivity index (χ4v) is 4.60. The molecule has 2 aromatic carbocycles. The van der Waals surface area contributed by atoms with Crippen molar-refractivity contribution in [1.82, 2.24) is 14.8 Å². The summed E-state index contributed by atoms with van der Waals surface area (Å²) < 4.78 is 0. The van der Waals surface area contributed by atoms with Gasteiger partial charge >= 0.3 is 0 Å². The van der Waals surface area contributed by atoms with E-state index >= 15 is 0 Å². The second-order valence-corrected chi connectivity index (χ2v) is 8.06. The van der Waals surface area contributed by atoms with Crippen LogP contribution in [0.25, 0.3) is 10.9 Å². The number of fused-ring (bicyclic) bond motifs is 2. The van der Waals surface area contributed by atoms with Crippen molar-refractivity contribution in [3.8, 4) is 0 Å². The predicted octanol–water partition coefficient (Wildman–Crippen LogP) is 3.37. The molecule has 1 fully saturated rings. The average Bonchev–Trinajstić information content (AvgIpc) is 3.36. The maximum absolute atomic E-state index is 12.4. The fourth-order valence-electron chi connectivity index (χ4n) is 4.60. The maximum atomic E-state index is 12.4. The summed E-state index contributed by atoms with van der Waals surface area (Å²) in [6.07, 6.45) is 3.83. The van der Waals surface area contributed by atoms with Crippen molar-refractivity contribution in [3.63, 3.8) is 0 Å². The zero-order valence-electron chi connectivity index (χ0n) is 17.0. The number of H-pyrrole nitrogens is 1. The maximum Gasteiger partial charge on any atom is 0.261 e. The summed E-state index contributed by atoms with van der Waals surface area (Å²) in [5.41, 5.74) is 3.56. The molecule has 2 aliphatic heterocycles. The lowest BCUT2D eigenvalue weighted by Gasteiger charge is -2.36. The van der Waals surface area contributed by atoms with Crippen LogP contribution in [0.3, 0.4) is 0 Å². The molecule has 0 aliphatic carbocycles. The van der Waals surface area contributed by atoms with Crippen molar-refractivity contribution >= 4 is 28.4 Å². The number of hydrogen-bond donors (Lipinski definition) is 1. The Kier molecular flexibility index (Phi) is 5.01. The Labute approximate surface area is 176 Å². The van der Waals surface area contributed by atoms with E-state index in [1.807, 2.05) is 18.3 Å². The molecular weight excluding hydrogens is 376 g/mol. The minimum Gasteiger partial charge on any atom is -0.368 e. The van der Waals surface area contributed by atoms with Crippen molar-refractivity contribution in [1.29, 1.82) is 0 Å². The quantitative estimate of drug-likeness (QED) is 0.507. The lowest BCUT2D eigenvalue weighted by molar-refractivity contribution is 0.0650. The van der Waals surface area contributed by atoms with Gasteiger partial charge in [-0.25, -0.2) is 0 Å². The van der Waals surface area contributed by atoms with Crippen molar-refractivity contribution in [2.45, 2.75) is 12.8 Å². The first-order chi connectivity index (χ1) is 14.7. The number of rotatable bonds is 6. The van der Waals surface area contributed by atoms with E-state index in [1.54, 1.807) is 12.1 Å². The summed E-state index contributed by atoms with van der Waals surface area (Å²) in [4.78, 5) is 34.5. The van der Waals surface area contributed by atoms with Crippen LogP contribution in [0, 0.1) is 0 Å². The van der Waals surface area contributed by atoms with Crippen molar-refractivity contribution < 1.29 is 9.59 Å². The molecule has 0 bridgehead atoms. The van der Waals surface area contributed by atoms with Crippen LogP contribution in [-0.2, 0) is 0 Å². The predicted molar refractivity (Wildman–Crippen MR) is 118 cm³/mol. The number of amides is 2. The van der Waals surface area contributed by atoms with Crippen molar-refractivity contribution in [3.05, 3.63) is 65.9 Å². The van der Waals surface area contributed by atoms with Crippen molar-refractivity contribution in [2.24, 2.45) is 0 Å². The van der Waals surface area contributed by atoms with Gasteiger partial charge in [-0.2, -0.15) is 0 Å². The molecule has 0 saturated carbocycles. The van der Waals surface area contributed by atoms with Gasteiger partial charge in [-0.05, 0) is 49.7 Å². The lowest BCUT2D eigenvalue weighted by Crippen LogP contribution is -2.46. The third-order valence-corrected chi connectivity index (χ3v) is 6.27. The topological polar surface area (TPSA) is 59.7 Å². The highest BCUT2D eigenvalue weighted by Crippen LogP contribution is 2.27. The molecule has 3 aromatic rings. The molecule has 1 aromatic heterocycles. The number of unbranched alkanes of at least 4 members (excludes halogenated alkanes) is 1. The normalized spacial score (nSPS) is 17.2. The van der Waals surface area contributed by atoms with Crippen LogP contribution in [0.15, 0.2) is 54.7 Å². The van der Waals surface area contributed by atoms with Gasteiger partial charge in [0.05, 0.1) is 11.1 Å². The first-order valence-corrected chi connectivity index (χ1v) is 10.7. The number of aromatic amines is 1. The number of nitrogens with one attached hydrogen (secondary N) is 1. The van der Waals surface area contributed by atoms with Gasteiger partial charge in [-0.1, -0.05) is 18.2 Å². The molecule has 0 spiro atoms. The molecule has 2 amide bonds. The molecule has 30 heavy (non-hydrogen) atoms. The van der Waals surface area contributed by atoms with Crippen LogP contribution in [0.1, 0.15) is 33.6 Å². The van der Waals surface area contributed by atoms with Crippen molar-refractivity contribution in [2.75, 3.05) is 44.2 Å². The van der Waals surface area contributed by atoms with Gasteiger partial charge in [0.25, 0.3) is 11.8 Å². The highest BCUT2D eigenvalue weighted by atomic mass is 16.2. The minimum absolute atomic E-state index is 0.150. The standard InChI is InChI=1S/C24H26N4O2/c29-23-18-6-1-2-7-19(18)24(30)28(23)13-4-3-12-26-14-16-27(17-15-26)22-9-5-8-21-20(22)10-11-25-21/h1-2,5-11,25H,3-4,12-17H2. The largest absolute Gasteiger partial charge is 0.368 e. The zero-order valence-corrected chi connectivity index (χ0v) is 17.0. The van der Waals surface area contributed by atoms with Gasteiger partial charge in [0.1, 0.15) is 0 Å². The number of anilines is 1. The van der Waals surface area contributed by atoms with Gasteiger partial charge in [-0.15, -0.1) is 0 Å². The van der Waals surface area contributed by atoms with Crippen LogP contribution >= 0.6 is 0 Å². The van der Waals surface area contributed by atoms with Crippen LogP contribution in [0.2, 0.25) is 0 Å². The number of hydrogen-bond acceptors (Lipinski definition) is 4. The van der Waals surface area contributed by atoms with Crippen LogP contribution in [0.5, 0.6) is 0 Å². The Morgan fingerprint density at radius 2 is 1.47 bits per heavy atom. The number of benzene rings is 2. The van der Waals surface area contributed by atoms with E-state index in [0.29, 0.717) is 17.7 Å². The minimum atomic E-state index is -0.150. The molecular formula is C24H26N4O2. The highest BCUT2D eigenvalue weighted by Gasteiger charge is 2.34. The van der Waals surface area contributed by atoms with Crippen LogP contribution < -0.4 is 4.90 Å². The molecule has 5 rings (SSSR count). The monoisotopic (exact) mass is 402 g/mol. The van der Waals surface area contributed by atoms with E-state index in [0.717, 1.165) is 45.6 Å². The molecule has 0 radical (unpaired) electrons. The Balaban J connectivity index is 1.09. The lowest BCUT2D eigenvalue weighted by atomic mass is 10.1. The molecule has 0 unspecified atom stereocenters. The third kappa shape index (κ3) is 3.37. The van der Waals surface area contributed by atoms with E-state index in [1.165, 1.54) is 21.5 Å². The molecule has 1 saturated heterocycles. The summed E-state index contributed by atoms with van der Waals surface area (Å²) in [6.45, 7) is 5.61. The molecule has 0 atom stereocenters. The number of carbonyl (C=O) groups is 2. The Morgan fingerprint density at radius 1 is 0.767 bits per heavy atom. The van der Waals surface area contributed by atoms with E-state index in [4.69, 9.17) is 0 Å². The van der Waals surface area contributed by atoms with E-state index in [2.05, 4.69) is 39.0 Å². The zero-order chi connectivity index (χ0) is 20.5. The Bertz CT molecular complexity index is 1050. The second kappa shape index (κ2) is 7.95.